The van der Waals surface area contributed by atoms with Crippen molar-refractivity contribution in [1.29, 1.82) is 0 Å². The Hall–Kier alpha value is -1.06. The van der Waals surface area contributed by atoms with Crippen LogP contribution in [0, 0.1) is 5.41 Å². The van der Waals surface area contributed by atoms with Gasteiger partial charge in [-0.1, -0.05) is 13.8 Å². The van der Waals surface area contributed by atoms with Crippen LogP contribution in [-0.2, 0) is 9.59 Å². The lowest BCUT2D eigenvalue weighted by Crippen LogP contribution is -2.57. The van der Waals surface area contributed by atoms with E-state index >= 15 is 0 Å². The van der Waals surface area contributed by atoms with Crippen molar-refractivity contribution in [2.75, 3.05) is 7.05 Å². The van der Waals surface area contributed by atoms with Crippen LogP contribution in [0.5, 0.6) is 0 Å². The average molecular weight is 227 g/mol. The molecule has 16 heavy (non-hydrogen) atoms. The normalized spacial score (nSPS) is 22.5. The monoisotopic (exact) mass is 227 g/mol. The van der Waals surface area contributed by atoms with E-state index < -0.39 is 11.5 Å². The number of carbonyl (C=O) groups is 2. The van der Waals surface area contributed by atoms with E-state index in [1.807, 2.05) is 0 Å². The molecule has 4 heteroatoms. The summed E-state index contributed by atoms with van der Waals surface area (Å²) < 4.78 is 0. The Morgan fingerprint density at radius 3 is 1.88 bits per heavy atom. The third-order valence-electron chi connectivity index (χ3n) is 3.94. The number of carbonyl (C=O) groups excluding carboxylic acids is 1. The second-order valence-electron chi connectivity index (χ2n) is 5.58. The quantitative estimate of drug-likeness (QED) is 0.783. The lowest BCUT2D eigenvalue weighted by Gasteiger charge is -2.45. The number of carboxylic acid groups (broad SMARTS) is 1. The zero-order valence-electron chi connectivity index (χ0n) is 10.5. The first kappa shape index (κ1) is 13.0. The molecular weight excluding hydrogens is 206 g/mol. The SMILES string of the molecule is CC(=O)N(C)C1(C(=O)O)CCC(C)(C)CC1. The van der Waals surface area contributed by atoms with Gasteiger partial charge in [-0.3, -0.25) is 4.79 Å². The van der Waals surface area contributed by atoms with Gasteiger partial charge in [0.1, 0.15) is 5.54 Å². The van der Waals surface area contributed by atoms with Crippen molar-refractivity contribution in [2.24, 2.45) is 5.41 Å². The number of likely N-dealkylation sites (N-methyl/N-ethyl adjacent to an activating group) is 1. The summed E-state index contributed by atoms with van der Waals surface area (Å²) in [5, 5.41) is 9.38. The van der Waals surface area contributed by atoms with Gasteiger partial charge in [0.05, 0.1) is 0 Å². The maximum absolute atomic E-state index is 11.4. The van der Waals surface area contributed by atoms with E-state index in [2.05, 4.69) is 13.8 Å². The molecular formula is C12H21NO3. The highest BCUT2D eigenvalue weighted by molar-refractivity contribution is 5.86. The molecule has 0 spiro atoms. The zero-order valence-corrected chi connectivity index (χ0v) is 10.5. The Balaban J connectivity index is 2.93. The largest absolute Gasteiger partial charge is 0.479 e. The van der Waals surface area contributed by atoms with Crippen LogP contribution < -0.4 is 0 Å². The van der Waals surface area contributed by atoms with E-state index in [4.69, 9.17) is 0 Å². The van der Waals surface area contributed by atoms with E-state index in [9.17, 15) is 14.7 Å². The Morgan fingerprint density at radius 2 is 1.56 bits per heavy atom. The number of aliphatic carboxylic acids is 1. The zero-order chi connectivity index (χ0) is 12.6. The smallest absolute Gasteiger partial charge is 0.329 e. The fourth-order valence-corrected chi connectivity index (χ4v) is 2.33. The highest BCUT2D eigenvalue weighted by atomic mass is 16.4. The lowest BCUT2D eigenvalue weighted by molar-refractivity contribution is -0.161. The summed E-state index contributed by atoms with van der Waals surface area (Å²) >= 11 is 0. The van der Waals surface area contributed by atoms with Gasteiger partial charge in [0.25, 0.3) is 0 Å². The summed E-state index contributed by atoms with van der Waals surface area (Å²) in [7, 11) is 1.59. The maximum Gasteiger partial charge on any atom is 0.329 e. The summed E-state index contributed by atoms with van der Waals surface area (Å²) in [6.45, 7) is 5.71. The summed E-state index contributed by atoms with van der Waals surface area (Å²) in [4.78, 5) is 24.2. The van der Waals surface area contributed by atoms with Crippen LogP contribution in [0.25, 0.3) is 0 Å². The number of hydrogen-bond acceptors (Lipinski definition) is 2. The predicted octanol–water partition coefficient (Wildman–Crippen LogP) is 1.89. The second-order valence-corrected chi connectivity index (χ2v) is 5.58. The van der Waals surface area contributed by atoms with Crippen LogP contribution in [0.3, 0.4) is 0 Å². The van der Waals surface area contributed by atoms with E-state index in [0.29, 0.717) is 12.8 Å². The minimum atomic E-state index is -0.985. The molecule has 1 fully saturated rings. The molecule has 0 aromatic heterocycles. The molecule has 4 nitrogen and oxygen atoms in total. The minimum absolute atomic E-state index is 0.179. The topological polar surface area (TPSA) is 57.6 Å². The van der Waals surface area contributed by atoms with Crippen LogP contribution in [0.15, 0.2) is 0 Å². The first-order valence-electron chi connectivity index (χ1n) is 5.69. The molecule has 1 amide bonds. The number of hydrogen-bond donors (Lipinski definition) is 1. The van der Waals surface area contributed by atoms with Crippen LogP contribution in [0.1, 0.15) is 46.5 Å². The van der Waals surface area contributed by atoms with Gasteiger partial charge in [-0.15, -0.1) is 0 Å². The van der Waals surface area contributed by atoms with Crippen molar-refractivity contribution in [1.82, 2.24) is 4.90 Å². The van der Waals surface area contributed by atoms with Gasteiger partial charge < -0.3 is 10.0 Å². The fourth-order valence-electron chi connectivity index (χ4n) is 2.33. The molecule has 1 aliphatic carbocycles. The van der Waals surface area contributed by atoms with Crippen molar-refractivity contribution in [2.45, 2.75) is 52.0 Å². The number of nitrogens with zero attached hydrogens (tertiary/aromatic N) is 1. The molecule has 0 saturated heterocycles. The van der Waals surface area contributed by atoms with E-state index in [0.717, 1.165) is 12.8 Å². The maximum atomic E-state index is 11.4. The average Bonchev–Trinajstić information content (AvgIpc) is 2.16. The van der Waals surface area contributed by atoms with Gasteiger partial charge in [0.15, 0.2) is 0 Å². The molecule has 1 N–H and O–H groups in total. The van der Waals surface area contributed by atoms with Crippen LogP contribution in [-0.4, -0.2) is 34.5 Å². The summed E-state index contributed by atoms with van der Waals surface area (Å²) in [6, 6.07) is 0. The van der Waals surface area contributed by atoms with Gasteiger partial charge in [-0.2, -0.15) is 0 Å². The highest BCUT2D eigenvalue weighted by Gasteiger charge is 2.48. The first-order chi connectivity index (χ1) is 7.21. The van der Waals surface area contributed by atoms with Crippen LogP contribution >= 0.6 is 0 Å². The Morgan fingerprint density at radius 1 is 1.12 bits per heavy atom. The molecule has 1 rings (SSSR count). The third-order valence-corrected chi connectivity index (χ3v) is 3.94. The molecule has 0 unspecified atom stereocenters. The molecule has 0 aliphatic heterocycles. The van der Waals surface area contributed by atoms with Crippen molar-refractivity contribution < 1.29 is 14.7 Å². The van der Waals surface area contributed by atoms with Crippen LogP contribution in [0.2, 0.25) is 0 Å². The fraction of sp³-hybridized carbons (Fsp3) is 0.833. The Kier molecular flexibility index (Phi) is 3.31. The van der Waals surface area contributed by atoms with Gasteiger partial charge in [0.2, 0.25) is 5.91 Å². The lowest BCUT2D eigenvalue weighted by atomic mass is 9.69. The summed E-state index contributed by atoms with van der Waals surface area (Å²) in [5.41, 5.74) is -0.794. The van der Waals surface area contributed by atoms with Gasteiger partial charge in [-0.25, -0.2) is 4.79 Å². The number of rotatable bonds is 2. The summed E-state index contributed by atoms with van der Waals surface area (Å²) in [5.74, 6) is -1.05. The molecule has 0 atom stereocenters. The molecule has 1 aliphatic rings. The Bertz CT molecular complexity index is 299. The molecule has 92 valence electrons. The molecule has 0 radical (unpaired) electrons. The second kappa shape index (κ2) is 4.07. The molecule has 0 aromatic carbocycles. The van der Waals surface area contributed by atoms with Gasteiger partial charge >= 0.3 is 5.97 Å². The number of amides is 1. The third kappa shape index (κ3) is 2.20. The molecule has 0 heterocycles. The highest BCUT2D eigenvalue weighted by Crippen LogP contribution is 2.42. The first-order valence-corrected chi connectivity index (χ1v) is 5.69. The van der Waals surface area contributed by atoms with Crippen molar-refractivity contribution in [3.63, 3.8) is 0 Å². The number of carboxylic acids is 1. The van der Waals surface area contributed by atoms with E-state index in [1.165, 1.54) is 11.8 Å². The Labute approximate surface area is 96.6 Å². The standard InChI is InChI=1S/C12H21NO3/c1-9(14)13(4)12(10(15)16)7-5-11(2,3)6-8-12/h5-8H2,1-4H3,(H,15,16). The summed E-state index contributed by atoms with van der Waals surface area (Å²) in [6.07, 6.45) is 2.78. The molecule has 0 aromatic rings. The molecule has 1 saturated carbocycles. The van der Waals surface area contributed by atoms with E-state index in [-0.39, 0.29) is 11.3 Å². The van der Waals surface area contributed by atoms with Gasteiger partial charge in [0, 0.05) is 14.0 Å². The van der Waals surface area contributed by atoms with E-state index in [1.54, 1.807) is 7.05 Å². The van der Waals surface area contributed by atoms with Crippen molar-refractivity contribution >= 4 is 11.9 Å². The van der Waals surface area contributed by atoms with Crippen LogP contribution in [0.4, 0.5) is 0 Å². The van der Waals surface area contributed by atoms with Gasteiger partial charge in [-0.05, 0) is 31.1 Å². The molecule has 0 bridgehead atoms. The van der Waals surface area contributed by atoms with Crippen molar-refractivity contribution in [3.05, 3.63) is 0 Å². The predicted molar refractivity (Wildman–Crippen MR) is 61.1 cm³/mol. The minimum Gasteiger partial charge on any atom is -0.479 e. The van der Waals surface area contributed by atoms with Crippen molar-refractivity contribution in [3.8, 4) is 0 Å².